The maximum atomic E-state index is 11.9. The van der Waals surface area contributed by atoms with Gasteiger partial charge in [0.1, 0.15) is 11.7 Å². The molecule has 1 heterocycles. The number of hydrogen-bond acceptors (Lipinski definition) is 6. The minimum atomic E-state index is -1.09. The van der Waals surface area contributed by atoms with Gasteiger partial charge in [-0.3, -0.25) is 0 Å². The molecule has 0 bridgehead atoms. The molecule has 0 aliphatic heterocycles. The van der Waals surface area contributed by atoms with Gasteiger partial charge < -0.3 is 19.7 Å². The first kappa shape index (κ1) is 17.9. The lowest BCUT2D eigenvalue weighted by molar-refractivity contribution is 0.0406. The van der Waals surface area contributed by atoms with Crippen LogP contribution in [0.5, 0.6) is 0 Å². The fraction of sp³-hybridized carbons (Fsp3) is 0.471. The molecule has 0 fully saturated rings. The first-order valence-corrected chi connectivity index (χ1v) is 7.86. The Balaban J connectivity index is 2.07. The third-order valence-electron chi connectivity index (χ3n) is 3.25. The summed E-state index contributed by atoms with van der Waals surface area (Å²) >= 11 is 0. The Kier molecular flexibility index (Phi) is 5.56. The summed E-state index contributed by atoms with van der Waals surface area (Å²) in [5.41, 5.74) is 0.150. The van der Waals surface area contributed by atoms with Crippen molar-refractivity contribution in [3.63, 3.8) is 0 Å². The number of benzene rings is 1. The molecule has 24 heavy (non-hydrogen) atoms. The monoisotopic (exact) mass is 333 g/mol. The smallest absolute Gasteiger partial charge is 0.407 e. The van der Waals surface area contributed by atoms with Crippen LogP contribution in [0, 0.1) is 0 Å². The van der Waals surface area contributed by atoms with Gasteiger partial charge in [-0.2, -0.15) is 4.98 Å². The van der Waals surface area contributed by atoms with Gasteiger partial charge in [0.2, 0.25) is 5.82 Å². The fourth-order valence-corrected chi connectivity index (χ4v) is 2.10. The Morgan fingerprint density at radius 3 is 2.58 bits per heavy atom. The zero-order valence-electron chi connectivity index (χ0n) is 14.3. The van der Waals surface area contributed by atoms with Gasteiger partial charge in [-0.25, -0.2) is 4.79 Å². The number of aromatic nitrogens is 2. The number of nitrogens with one attached hydrogen (secondary N) is 1. The molecule has 2 rings (SSSR count). The molecule has 1 amide bonds. The van der Waals surface area contributed by atoms with E-state index in [4.69, 9.17) is 9.26 Å². The van der Waals surface area contributed by atoms with E-state index >= 15 is 0 Å². The number of aliphatic hydroxyl groups excluding tert-OH is 1. The average Bonchev–Trinajstić information content (AvgIpc) is 3.01. The molecule has 0 saturated heterocycles. The number of carbonyl (C=O) groups excluding carboxylic acids is 1. The summed E-state index contributed by atoms with van der Waals surface area (Å²) in [6, 6.07) is 8.68. The van der Waals surface area contributed by atoms with Crippen LogP contribution in [0.25, 0.3) is 11.5 Å². The maximum absolute atomic E-state index is 11.9. The van der Waals surface area contributed by atoms with E-state index in [0.29, 0.717) is 12.3 Å². The Bertz CT molecular complexity index is 664. The third-order valence-corrected chi connectivity index (χ3v) is 3.25. The van der Waals surface area contributed by atoms with Crippen LogP contribution in [0.3, 0.4) is 0 Å². The van der Waals surface area contributed by atoms with Gasteiger partial charge >= 0.3 is 6.09 Å². The van der Waals surface area contributed by atoms with E-state index < -0.39 is 23.8 Å². The number of aliphatic hydroxyl groups is 1. The third kappa shape index (κ3) is 4.79. The molecule has 7 heteroatoms. The lowest BCUT2D eigenvalue weighted by Crippen LogP contribution is -2.42. The number of nitrogens with zero attached hydrogens (tertiary/aromatic N) is 2. The van der Waals surface area contributed by atoms with Gasteiger partial charge in [0.15, 0.2) is 0 Å². The molecule has 7 nitrogen and oxygen atoms in total. The normalized spacial score (nSPS) is 14.0. The molecular weight excluding hydrogens is 310 g/mol. The summed E-state index contributed by atoms with van der Waals surface area (Å²) in [7, 11) is 0. The average molecular weight is 333 g/mol. The van der Waals surface area contributed by atoms with Crippen LogP contribution in [0.15, 0.2) is 34.9 Å². The van der Waals surface area contributed by atoms with Crippen LogP contribution in [-0.4, -0.2) is 33.0 Å². The van der Waals surface area contributed by atoms with E-state index in [1.54, 1.807) is 20.8 Å². The van der Waals surface area contributed by atoms with E-state index in [1.807, 2.05) is 37.3 Å². The van der Waals surface area contributed by atoms with Crippen molar-refractivity contribution in [3.05, 3.63) is 36.2 Å². The highest BCUT2D eigenvalue weighted by Crippen LogP contribution is 2.22. The molecule has 2 aromatic rings. The summed E-state index contributed by atoms with van der Waals surface area (Å²) in [5.74, 6) is 0.438. The molecule has 0 saturated carbocycles. The van der Waals surface area contributed by atoms with Gasteiger partial charge in [0, 0.05) is 5.56 Å². The topological polar surface area (TPSA) is 97.5 Å². The van der Waals surface area contributed by atoms with Crippen molar-refractivity contribution in [1.82, 2.24) is 15.5 Å². The standard InChI is InChI=1S/C17H23N3O4/c1-5-12(18-16(22)23-17(2,3)4)13(21)14-19-15(24-20-14)11-9-7-6-8-10-11/h6-10,12-13,21H,5H2,1-4H3,(H,18,22). The van der Waals surface area contributed by atoms with Gasteiger partial charge in [-0.05, 0) is 39.3 Å². The quantitative estimate of drug-likeness (QED) is 0.872. The van der Waals surface area contributed by atoms with E-state index in [1.165, 1.54) is 0 Å². The highest BCUT2D eigenvalue weighted by molar-refractivity contribution is 5.68. The molecule has 0 radical (unpaired) electrons. The summed E-state index contributed by atoms with van der Waals surface area (Å²) in [6.07, 6.45) is -1.21. The zero-order valence-corrected chi connectivity index (χ0v) is 14.3. The molecule has 2 atom stereocenters. The second kappa shape index (κ2) is 7.44. The Morgan fingerprint density at radius 2 is 2.00 bits per heavy atom. The van der Waals surface area contributed by atoms with Crippen molar-refractivity contribution in [2.24, 2.45) is 0 Å². The SMILES string of the molecule is CCC(NC(=O)OC(C)(C)C)C(O)c1noc(-c2ccccc2)n1. The maximum Gasteiger partial charge on any atom is 0.407 e. The number of hydrogen-bond donors (Lipinski definition) is 2. The van der Waals surface area contributed by atoms with Crippen molar-refractivity contribution >= 4 is 6.09 Å². The lowest BCUT2D eigenvalue weighted by atomic mass is 10.1. The minimum absolute atomic E-state index is 0.122. The molecule has 0 aliphatic rings. The summed E-state index contributed by atoms with van der Waals surface area (Å²) in [6.45, 7) is 7.16. The molecule has 1 aromatic heterocycles. The molecular formula is C17H23N3O4. The summed E-state index contributed by atoms with van der Waals surface area (Å²) in [5, 5.41) is 16.9. The van der Waals surface area contributed by atoms with Crippen molar-refractivity contribution in [3.8, 4) is 11.5 Å². The van der Waals surface area contributed by atoms with E-state index in [2.05, 4.69) is 15.5 Å². The summed E-state index contributed by atoms with van der Waals surface area (Å²) < 4.78 is 10.4. The van der Waals surface area contributed by atoms with Crippen LogP contribution < -0.4 is 5.32 Å². The number of alkyl carbamates (subject to hydrolysis) is 1. The first-order chi connectivity index (χ1) is 11.3. The highest BCUT2D eigenvalue weighted by atomic mass is 16.6. The predicted molar refractivity (Wildman–Crippen MR) is 88.1 cm³/mol. The van der Waals surface area contributed by atoms with Crippen LogP contribution in [-0.2, 0) is 4.74 Å². The van der Waals surface area contributed by atoms with Gasteiger partial charge in [-0.1, -0.05) is 30.3 Å². The molecule has 2 unspecified atom stereocenters. The van der Waals surface area contributed by atoms with Crippen LogP contribution in [0.2, 0.25) is 0 Å². The first-order valence-electron chi connectivity index (χ1n) is 7.86. The highest BCUT2D eigenvalue weighted by Gasteiger charge is 2.28. The van der Waals surface area contributed by atoms with Crippen molar-refractivity contribution in [1.29, 1.82) is 0 Å². The van der Waals surface area contributed by atoms with E-state index in [9.17, 15) is 9.90 Å². The molecule has 0 spiro atoms. The van der Waals surface area contributed by atoms with E-state index in [0.717, 1.165) is 5.56 Å². The molecule has 1 aromatic carbocycles. The number of amides is 1. The second-order valence-electron chi connectivity index (χ2n) is 6.43. The van der Waals surface area contributed by atoms with Crippen LogP contribution >= 0.6 is 0 Å². The molecule has 130 valence electrons. The van der Waals surface area contributed by atoms with Crippen LogP contribution in [0.4, 0.5) is 4.79 Å². The van der Waals surface area contributed by atoms with Crippen molar-refractivity contribution in [2.45, 2.75) is 51.9 Å². The number of ether oxygens (including phenoxy) is 1. The minimum Gasteiger partial charge on any atom is -0.444 e. The fourth-order valence-electron chi connectivity index (χ4n) is 2.10. The van der Waals surface area contributed by atoms with Crippen molar-refractivity contribution < 1.29 is 19.2 Å². The number of rotatable bonds is 5. The Labute approximate surface area is 141 Å². The number of carbonyl (C=O) groups is 1. The second-order valence-corrected chi connectivity index (χ2v) is 6.43. The van der Waals surface area contributed by atoms with Crippen LogP contribution in [0.1, 0.15) is 46.0 Å². The largest absolute Gasteiger partial charge is 0.444 e. The van der Waals surface area contributed by atoms with Gasteiger partial charge in [-0.15, -0.1) is 0 Å². The molecule has 0 aliphatic carbocycles. The molecule has 2 N–H and O–H groups in total. The predicted octanol–water partition coefficient (Wildman–Crippen LogP) is 3.07. The van der Waals surface area contributed by atoms with Gasteiger partial charge in [0.25, 0.3) is 5.89 Å². The Hall–Kier alpha value is -2.41. The lowest BCUT2D eigenvalue weighted by Gasteiger charge is -2.24. The van der Waals surface area contributed by atoms with E-state index in [-0.39, 0.29) is 5.82 Å². The zero-order chi connectivity index (χ0) is 17.7. The van der Waals surface area contributed by atoms with Gasteiger partial charge in [0.05, 0.1) is 6.04 Å². The van der Waals surface area contributed by atoms with Crippen molar-refractivity contribution in [2.75, 3.05) is 0 Å². The summed E-state index contributed by atoms with van der Waals surface area (Å²) in [4.78, 5) is 16.1. The Morgan fingerprint density at radius 1 is 1.33 bits per heavy atom.